The first-order chi connectivity index (χ1) is 10.8. The molecule has 0 bridgehead atoms. The maximum atomic E-state index is 12.0. The van der Waals surface area contributed by atoms with Crippen molar-refractivity contribution in [3.63, 3.8) is 0 Å². The zero-order chi connectivity index (χ0) is 17.0. The number of hydrogen-bond acceptors (Lipinski definition) is 4. The van der Waals surface area contributed by atoms with Crippen LogP contribution in [0, 0.1) is 0 Å². The van der Waals surface area contributed by atoms with Gasteiger partial charge in [0.15, 0.2) is 0 Å². The van der Waals surface area contributed by atoms with E-state index in [1.807, 2.05) is 20.8 Å². The molecule has 23 heavy (non-hydrogen) atoms. The quantitative estimate of drug-likeness (QED) is 0.875. The van der Waals surface area contributed by atoms with Gasteiger partial charge in [-0.3, -0.25) is 4.79 Å². The first-order valence-electron chi connectivity index (χ1n) is 7.30. The topological polar surface area (TPSA) is 97.1 Å². The zero-order valence-electron chi connectivity index (χ0n) is 13.4. The smallest absolute Gasteiger partial charge is 0.335 e. The molecule has 1 aromatic carbocycles. The van der Waals surface area contributed by atoms with E-state index in [2.05, 4.69) is 15.4 Å². The van der Waals surface area contributed by atoms with Gasteiger partial charge in [-0.2, -0.15) is 0 Å². The monoisotopic (exact) mass is 316 g/mol. The molecule has 1 heterocycles. The molecule has 0 atom stereocenters. The van der Waals surface area contributed by atoms with Crippen LogP contribution in [0.5, 0.6) is 0 Å². The van der Waals surface area contributed by atoms with Gasteiger partial charge in [0, 0.05) is 6.54 Å². The number of carboxylic acids is 1. The lowest BCUT2D eigenvalue weighted by molar-refractivity contribution is 0.0696. The van der Waals surface area contributed by atoms with Gasteiger partial charge in [-0.15, -0.1) is 5.10 Å². The van der Waals surface area contributed by atoms with Crippen molar-refractivity contribution < 1.29 is 14.7 Å². The molecule has 0 aliphatic carbocycles. The lowest BCUT2D eigenvalue weighted by Gasteiger charge is -2.17. The highest BCUT2D eigenvalue weighted by Crippen LogP contribution is 2.11. The van der Waals surface area contributed by atoms with E-state index in [1.165, 1.54) is 0 Å². The Balaban J connectivity index is 1.87. The van der Waals surface area contributed by atoms with Crippen molar-refractivity contribution in [3.8, 4) is 0 Å². The Kier molecular flexibility index (Phi) is 4.78. The molecule has 0 saturated heterocycles. The minimum absolute atomic E-state index is 0.140. The van der Waals surface area contributed by atoms with Crippen LogP contribution in [-0.4, -0.2) is 38.3 Å². The molecule has 2 aromatic rings. The van der Waals surface area contributed by atoms with Gasteiger partial charge >= 0.3 is 5.97 Å². The molecule has 0 radical (unpaired) electrons. The number of amides is 1. The van der Waals surface area contributed by atoms with Gasteiger partial charge in [-0.25, -0.2) is 14.5 Å². The highest BCUT2D eigenvalue weighted by molar-refractivity contribution is 5.90. The minimum atomic E-state index is -0.953. The number of carbonyl (C=O) groups excluding carboxylic acids is 1. The summed E-state index contributed by atoms with van der Waals surface area (Å²) >= 11 is 0. The number of carboxylic acid groups (broad SMARTS) is 1. The molecule has 0 aliphatic heterocycles. The highest BCUT2D eigenvalue weighted by Gasteiger charge is 2.18. The van der Waals surface area contributed by atoms with Crippen LogP contribution in [0.1, 0.15) is 47.3 Å². The Hall–Kier alpha value is -2.70. The fourth-order valence-electron chi connectivity index (χ4n) is 1.90. The second kappa shape index (κ2) is 6.60. The van der Waals surface area contributed by atoms with Gasteiger partial charge in [-0.1, -0.05) is 12.1 Å². The molecule has 1 aromatic heterocycles. The lowest BCUT2D eigenvalue weighted by Crippen LogP contribution is -2.28. The molecular formula is C16H20N4O3. The summed E-state index contributed by atoms with van der Waals surface area (Å²) in [4.78, 5) is 26.8. The molecular weight excluding hydrogens is 296 g/mol. The Morgan fingerprint density at radius 3 is 2.39 bits per heavy atom. The highest BCUT2D eigenvalue weighted by atomic mass is 16.4. The number of hydrogen-bond donors (Lipinski definition) is 2. The van der Waals surface area contributed by atoms with E-state index < -0.39 is 5.97 Å². The Morgan fingerprint density at radius 1 is 1.22 bits per heavy atom. The summed E-state index contributed by atoms with van der Waals surface area (Å²) in [5.41, 5.74) is 0.968. The van der Waals surface area contributed by atoms with Crippen molar-refractivity contribution in [1.29, 1.82) is 0 Å². The van der Waals surface area contributed by atoms with Crippen molar-refractivity contribution in [3.05, 3.63) is 47.5 Å². The third kappa shape index (κ3) is 4.38. The number of aromatic carboxylic acids is 1. The van der Waals surface area contributed by atoms with Crippen LogP contribution in [-0.2, 0) is 12.0 Å². The number of nitrogens with zero attached hydrogens (tertiary/aromatic N) is 3. The first kappa shape index (κ1) is 16.7. The molecule has 7 nitrogen and oxygen atoms in total. The summed E-state index contributed by atoms with van der Waals surface area (Å²) in [5.74, 6) is -1.14. The largest absolute Gasteiger partial charge is 0.478 e. The molecule has 0 fully saturated rings. The van der Waals surface area contributed by atoms with Gasteiger partial charge < -0.3 is 10.4 Å². The summed E-state index contributed by atoms with van der Waals surface area (Å²) in [6.07, 6.45) is 2.14. The van der Waals surface area contributed by atoms with Crippen LogP contribution in [0.2, 0.25) is 0 Å². The zero-order valence-corrected chi connectivity index (χ0v) is 13.4. The number of carbonyl (C=O) groups is 2. The molecule has 1 amide bonds. The SMILES string of the molecule is CC(C)(C)n1cnc(C(=O)NCCc2ccc(C(=O)O)cc2)n1. The van der Waals surface area contributed by atoms with Gasteiger partial charge in [0.25, 0.3) is 5.91 Å². The van der Waals surface area contributed by atoms with E-state index in [0.717, 1.165) is 5.56 Å². The third-order valence-corrected chi connectivity index (χ3v) is 3.28. The predicted octanol–water partition coefficient (Wildman–Crippen LogP) is 1.70. The van der Waals surface area contributed by atoms with Crippen molar-refractivity contribution in [2.24, 2.45) is 0 Å². The summed E-state index contributed by atoms with van der Waals surface area (Å²) in [6, 6.07) is 6.57. The second-order valence-electron chi connectivity index (χ2n) is 6.19. The van der Waals surface area contributed by atoms with Crippen molar-refractivity contribution >= 4 is 11.9 Å². The number of benzene rings is 1. The van der Waals surface area contributed by atoms with Crippen LogP contribution >= 0.6 is 0 Å². The van der Waals surface area contributed by atoms with E-state index >= 15 is 0 Å². The average molecular weight is 316 g/mol. The summed E-state index contributed by atoms with van der Waals surface area (Å²) < 4.78 is 1.65. The van der Waals surface area contributed by atoms with Gasteiger partial charge in [0.05, 0.1) is 11.1 Å². The maximum absolute atomic E-state index is 12.0. The van der Waals surface area contributed by atoms with E-state index in [4.69, 9.17) is 5.11 Å². The van der Waals surface area contributed by atoms with Gasteiger partial charge in [-0.05, 0) is 44.9 Å². The summed E-state index contributed by atoms with van der Waals surface area (Å²) in [6.45, 7) is 6.35. The van der Waals surface area contributed by atoms with E-state index in [9.17, 15) is 9.59 Å². The van der Waals surface area contributed by atoms with E-state index in [1.54, 1.807) is 35.3 Å². The third-order valence-electron chi connectivity index (χ3n) is 3.28. The molecule has 0 saturated carbocycles. The van der Waals surface area contributed by atoms with Crippen molar-refractivity contribution in [2.75, 3.05) is 6.54 Å². The average Bonchev–Trinajstić information content (AvgIpc) is 2.97. The fraction of sp³-hybridized carbons (Fsp3) is 0.375. The van der Waals surface area contributed by atoms with Gasteiger partial charge in [0.1, 0.15) is 6.33 Å². The molecule has 122 valence electrons. The number of aromatic nitrogens is 3. The van der Waals surface area contributed by atoms with Crippen molar-refractivity contribution in [2.45, 2.75) is 32.7 Å². The minimum Gasteiger partial charge on any atom is -0.478 e. The standard InChI is InChI=1S/C16H20N4O3/c1-16(2,3)20-10-18-13(19-20)14(21)17-9-8-11-4-6-12(7-5-11)15(22)23/h4-7,10H,8-9H2,1-3H3,(H,17,21)(H,22,23). The van der Waals surface area contributed by atoms with E-state index in [0.29, 0.717) is 13.0 Å². The maximum Gasteiger partial charge on any atom is 0.335 e. The molecule has 0 unspecified atom stereocenters. The molecule has 0 aliphatic rings. The number of rotatable bonds is 5. The van der Waals surface area contributed by atoms with Crippen LogP contribution in [0.15, 0.2) is 30.6 Å². The first-order valence-corrected chi connectivity index (χ1v) is 7.30. The Labute approximate surface area is 134 Å². The molecule has 0 spiro atoms. The predicted molar refractivity (Wildman–Crippen MR) is 84.5 cm³/mol. The fourth-order valence-corrected chi connectivity index (χ4v) is 1.90. The molecule has 2 N–H and O–H groups in total. The Morgan fingerprint density at radius 2 is 1.87 bits per heavy atom. The lowest BCUT2D eigenvalue weighted by atomic mass is 10.1. The molecule has 2 rings (SSSR count). The van der Waals surface area contributed by atoms with Crippen molar-refractivity contribution in [1.82, 2.24) is 20.1 Å². The summed E-state index contributed by atoms with van der Waals surface area (Å²) in [5, 5.41) is 15.8. The van der Waals surface area contributed by atoms with Crippen LogP contribution < -0.4 is 5.32 Å². The van der Waals surface area contributed by atoms with Crippen LogP contribution in [0.4, 0.5) is 0 Å². The summed E-state index contributed by atoms with van der Waals surface area (Å²) in [7, 11) is 0. The Bertz CT molecular complexity index is 699. The van der Waals surface area contributed by atoms with E-state index in [-0.39, 0.29) is 22.8 Å². The van der Waals surface area contributed by atoms with Crippen LogP contribution in [0.25, 0.3) is 0 Å². The van der Waals surface area contributed by atoms with Gasteiger partial charge in [0.2, 0.25) is 5.82 Å². The normalized spacial score (nSPS) is 11.3. The number of nitrogens with one attached hydrogen (secondary N) is 1. The van der Waals surface area contributed by atoms with Crippen LogP contribution in [0.3, 0.4) is 0 Å². The second-order valence-corrected chi connectivity index (χ2v) is 6.19. The molecule has 7 heteroatoms.